The third-order valence-corrected chi connectivity index (χ3v) is 2.30. The number of carbonyl (C=O) groups excluding carboxylic acids is 1. The molecule has 0 atom stereocenters. The van der Waals surface area contributed by atoms with Crippen molar-refractivity contribution in [3.05, 3.63) is 28.8 Å². The SMILES string of the molecule is CCCCOC(=O)c1c(N)cccc1Cl. The van der Waals surface area contributed by atoms with E-state index in [0.29, 0.717) is 17.3 Å². The van der Waals surface area contributed by atoms with Crippen LogP contribution in [0.1, 0.15) is 30.1 Å². The van der Waals surface area contributed by atoms with Crippen molar-refractivity contribution in [1.82, 2.24) is 0 Å². The summed E-state index contributed by atoms with van der Waals surface area (Å²) in [5.74, 6) is -0.452. The molecular weight excluding hydrogens is 214 g/mol. The number of anilines is 1. The van der Waals surface area contributed by atoms with Gasteiger partial charge in [-0.2, -0.15) is 0 Å². The Labute approximate surface area is 94.2 Å². The second-order valence-electron chi connectivity index (χ2n) is 3.19. The first-order chi connectivity index (χ1) is 7.16. The number of benzene rings is 1. The average Bonchev–Trinajstić information content (AvgIpc) is 2.18. The highest BCUT2D eigenvalue weighted by Gasteiger charge is 2.14. The number of hydrogen-bond donors (Lipinski definition) is 1. The fourth-order valence-corrected chi connectivity index (χ4v) is 1.40. The predicted molar refractivity (Wildman–Crippen MR) is 61.1 cm³/mol. The number of rotatable bonds is 4. The molecule has 0 bridgehead atoms. The van der Waals surface area contributed by atoms with Crippen molar-refractivity contribution in [1.29, 1.82) is 0 Å². The number of esters is 1. The average molecular weight is 228 g/mol. The third-order valence-electron chi connectivity index (χ3n) is 1.98. The molecule has 1 aromatic rings. The van der Waals surface area contributed by atoms with Gasteiger partial charge in [-0.05, 0) is 18.6 Å². The van der Waals surface area contributed by atoms with Gasteiger partial charge in [-0.25, -0.2) is 4.79 Å². The zero-order chi connectivity index (χ0) is 11.3. The Morgan fingerprint density at radius 2 is 2.27 bits per heavy atom. The summed E-state index contributed by atoms with van der Waals surface area (Å²) in [5.41, 5.74) is 6.25. The summed E-state index contributed by atoms with van der Waals surface area (Å²) in [7, 11) is 0. The number of nitrogen functional groups attached to an aromatic ring is 1. The maximum atomic E-state index is 11.6. The normalized spacial score (nSPS) is 10.0. The fraction of sp³-hybridized carbons (Fsp3) is 0.364. The topological polar surface area (TPSA) is 52.3 Å². The first kappa shape index (κ1) is 11.9. The molecule has 0 unspecified atom stereocenters. The van der Waals surface area contributed by atoms with E-state index in [2.05, 4.69) is 0 Å². The predicted octanol–water partition coefficient (Wildman–Crippen LogP) is 2.88. The van der Waals surface area contributed by atoms with Crippen LogP contribution >= 0.6 is 11.6 Å². The molecule has 0 aromatic heterocycles. The molecule has 3 nitrogen and oxygen atoms in total. The van der Waals surface area contributed by atoms with Gasteiger partial charge in [0.1, 0.15) is 5.56 Å². The summed E-state index contributed by atoms with van der Waals surface area (Å²) in [6, 6.07) is 4.94. The summed E-state index contributed by atoms with van der Waals surface area (Å²) in [4.78, 5) is 11.6. The van der Waals surface area contributed by atoms with E-state index in [1.807, 2.05) is 6.92 Å². The van der Waals surface area contributed by atoms with Crippen LogP contribution < -0.4 is 5.73 Å². The van der Waals surface area contributed by atoms with Crippen molar-refractivity contribution in [3.8, 4) is 0 Å². The Morgan fingerprint density at radius 3 is 2.87 bits per heavy atom. The summed E-state index contributed by atoms with van der Waals surface area (Å²) in [6.45, 7) is 2.43. The molecule has 2 N–H and O–H groups in total. The molecule has 82 valence electrons. The van der Waals surface area contributed by atoms with E-state index in [1.54, 1.807) is 18.2 Å². The Hall–Kier alpha value is -1.22. The zero-order valence-corrected chi connectivity index (χ0v) is 9.38. The van der Waals surface area contributed by atoms with Gasteiger partial charge in [0.25, 0.3) is 0 Å². The molecule has 1 rings (SSSR count). The summed E-state index contributed by atoms with van der Waals surface area (Å²) >= 11 is 5.86. The van der Waals surface area contributed by atoms with Crippen molar-refractivity contribution < 1.29 is 9.53 Å². The Kier molecular flexibility index (Phi) is 4.43. The van der Waals surface area contributed by atoms with Gasteiger partial charge in [0.05, 0.1) is 11.6 Å². The number of unbranched alkanes of at least 4 members (excludes halogenated alkanes) is 1. The number of nitrogens with two attached hydrogens (primary N) is 1. The van der Waals surface area contributed by atoms with Crippen LogP contribution in [-0.4, -0.2) is 12.6 Å². The molecule has 0 amide bonds. The van der Waals surface area contributed by atoms with E-state index in [1.165, 1.54) is 0 Å². The van der Waals surface area contributed by atoms with Crippen LogP contribution in [-0.2, 0) is 4.74 Å². The molecule has 0 saturated carbocycles. The van der Waals surface area contributed by atoms with Crippen LogP contribution in [0.5, 0.6) is 0 Å². The lowest BCUT2D eigenvalue weighted by Crippen LogP contribution is -2.09. The molecule has 0 aliphatic heterocycles. The van der Waals surface area contributed by atoms with Gasteiger partial charge in [-0.15, -0.1) is 0 Å². The van der Waals surface area contributed by atoms with E-state index in [-0.39, 0.29) is 5.56 Å². The Balaban J connectivity index is 2.73. The molecule has 0 heterocycles. The highest BCUT2D eigenvalue weighted by molar-refractivity contribution is 6.34. The highest BCUT2D eigenvalue weighted by atomic mass is 35.5. The van der Waals surface area contributed by atoms with Crippen molar-refractivity contribution in [2.24, 2.45) is 0 Å². The Morgan fingerprint density at radius 1 is 1.53 bits per heavy atom. The molecule has 1 aromatic carbocycles. The minimum atomic E-state index is -0.452. The van der Waals surface area contributed by atoms with Crippen molar-refractivity contribution >= 4 is 23.3 Å². The van der Waals surface area contributed by atoms with Crippen molar-refractivity contribution in [2.75, 3.05) is 12.3 Å². The van der Waals surface area contributed by atoms with Crippen LogP contribution in [0.4, 0.5) is 5.69 Å². The molecular formula is C11H14ClNO2. The molecule has 0 radical (unpaired) electrons. The van der Waals surface area contributed by atoms with E-state index in [0.717, 1.165) is 12.8 Å². The lowest BCUT2D eigenvalue weighted by atomic mass is 10.2. The monoisotopic (exact) mass is 227 g/mol. The summed E-state index contributed by atoms with van der Waals surface area (Å²) < 4.78 is 5.03. The zero-order valence-electron chi connectivity index (χ0n) is 8.63. The quantitative estimate of drug-likeness (QED) is 0.489. The van der Waals surface area contributed by atoms with E-state index >= 15 is 0 Å². The van der Waals surface area contributed by atoms with Gasteiger partial charge >= 0.3 is 5.97 Å². The van der Waals surface area contributed by atoms with Crippen LogP contribution in [0.2, 0.25) is 5.02 Å². The van der Waals surface area contributed by atoms with Gasteiger partial charge in [0.2, 0.25) is 0 Å². The minimum Gasteiger partial charge on any atom is -0.462 e. The van der Waals surface area contributed by atoms with Gasteiger partial charge in [0, 0.05) is 5.69 Å². The second kappa shape index (κ2) is 5.61. The van der Waals surface area contributed by atoms with Crippen LogP contribution in [0.25, 0.3) is 0 Å². The van der Waals surface area contributed by atoms with Gasteiger partial charge in [-0.3, -0.25) is 0 Å². The molecule has 4 heteroatoms. The van der Waals surface area contributed by atoms with E-state index in [9.17, 15) is 4.79 Å². The van der Waals surface area contributed by atoms with Crippen molar-refractivity contribution in [3.63, 3.8) is 0 Å². The van der Waals surface area contributed by atoms with Crippen LogP contribution in [0.3, 0.4) is 0 Å². The molecule has 0 spiro atoms. The lowest BCUT2D eigenvalue weighted by molar-refractivity contribution is 0.0501. The minimum absolute atomic E-state index is 0.260. The second-order valence-corrected chi connectivity index (χ2v) is 3.60. The molecule has 0 aliphatic carbocycles. The van der Waals surface area contributed by atoms with Gasteiger partial charge < -0.3 is 10.5 Å². The largest absolute Gasteiger partial charge is 0.462 e. The van der Waals surface area contributed by atoms with E-state index in [4.69, 9.17) is 22.1 Å². The van der Waals surface area contributed by atoms with Gasteiger partial charge in [0.15, 0.2) is 0 Å². The number of halogens is 1. The number of hydrogen-bond acceptors (Lipinski definition) is 3. The molecule has 0 aliphatic rings. The van der Waals surface area contributed by atoms with E-state index < -0.39 is 5.97 Å². The number of carbonyl (C=O) groups is 1. The van der Waals surface area contributed by atoms with Crippen LogP contribution in [0, 0.1) is 0 Å². The Bertz CT molecular complexity index is 332. The van der Waals surface area contributed by atoms with Gasteiger partial charge in [-0.1, -0.05) is 31.0 Å². The first-order valence-corrected chi connectivity index (χ1v) is 5.25. The molecule has 15 heavy (non-hydrogen) atoms. The summed E-state index contributed by atoms with van der Waals surface area (Å²) in [6.07, 6.45) is 1.82. The number of ether oxygens (including phenoxy) is 1. The maximum absolute atomic E-state index is 11.6. The molecule has 0 fully saturated rings. The maximum Gasteiger partial charge on any atom is 0.341 e. The summed E-state index contributed by atoms with van der Waals surface area (Å²) in [5, 5.41) is 0.330. The first-order valence-electron chi connectivity index (χ1n) is 4.88. The highest BCUT2D eigenvalue weighted by Crippen LogP contribution is 2.22. The standard InChI is InChI=1S/C11H14ClNO2/c1-2-3-7-15-11(14)10-8(12)5-4-6-9(10)13/h4-6H,2-3,7,13H2,1H3. The third kappa shape index (κ3) is 3.13. The van der Waals surface area contributed by atoms with Crippen LogP contribution in [0.15, 0.2) is 18.2 Å². The smallest absolute Gasteiger partial charge is 0.341 e. The molecule has 0 saturated heterocycles. The van der Waals surface area contributed by atoms with Crippen molar-refractivity contribution in [2.45, 2.75) is 19.8 Å². The fourth-order valence-electron chi connectivity index (χ4n) is 1.14. The lowest BCUT2D eigenvalue weighted by Gasteiger charge is -2.07.